The molecule has 0 spiro atoms. The quantitative estimate of drug-likeness (QED) is 0.940. The standard InChI is InChI=1S/C15H14F3N3O2/c1-14(9-5-6-9,15(16,17)18)20-12(22)10-8-19-11-4-2-3-7-21(11)13(10)23/h2-4,7-9H,5-6H2,1H3,(H,20,22). The molecule has 23 heavy (non-hydrogen) atoms. The molecule has 3 rings (SSSR count). The molecule has 122 valence electrons. The van der Waals surface area contributed by atoms with E-state index >= 15 is 0 Å². The molecular weight excluding hydrogens is 311 g/mol. The molecule has 0 aliphatic heterocycles. The average molecular weight is 325 g/mol. The van der Waals surface area contributed by atoms with Crippen LogP contribution in [-0.4, -0.2) is 27.0 Å². The largest absolute Gasteiger partial charge is 0.411 e. The summed E-state index contributed by atoms with van der Waals surface area (Å²) in [5.41, 5.74) is -3.14. The summed E-state index contributed by atoms with van der Waals surface area (Å²) in [5, 5.41) is 2.00. The first kappa shape index (κ1) is 15.5. The zero-order valence-corrected chi connectivity index (χ0v) is 12.2. The highest BCUT2D eigenvalue weighted by molar-refractivity contribution is 5.94. The maximum Gasteiger partial charge on any atom is 0.411 e. The van der Waals surface area contributed by atoms with E-state index in [0.29, 0.717) is 18.5 Å². The van der Waals surface area contributed by atoms with Crippen LogP contribution in [0.25, 0.3) is 5.65 Å². The second-order valence-electron chi connectivity index (χ2n) is 5.83. The van der Waals surface area contributed by atoms with Crippen molar-refractivity contribution in [1.82, 2.24) is 14.7 Å². The van der Waals surface area contributed by atoms with Crippen molar-refractivity contribution in [1.29, 1.82) is 0 Å². The van der Waals surface area contributed by atoms with Gasteiger partial charge in [0.25, 0.3) is 11.5 Å². The van der Waals surface area contributed by atoms with Crippen LogP contribution in [0.1, 0.15) is 30.1 Å². The van der Waals surface area contributed by atoms with Gasteiger partial charge < -0.3 is 5.32 Å². The minimum absolute atomic E-state index is 0.315. The molecule has 0 saturated heterocycles. The molecule has 1 unspecified atom stereocenters. The van der Waals surface area contributed by atoms with Gasteiger partial charge in [-0.2, -0.15) is 13.2 Å². The average Bonchev–Trinajstić information content (AvgIpc) is 3.31. The molecule has 1 aliphatic carbocycles. The summed E-state index contributed by atoms with van der Waals surface area (Å²) in [6.45, 7) is 0.953. The molecule has 0 aromatic carbocycles. The lowest BCUT2D eigenvalue weighted by atomic mass is 9.94. The first-order valence-electron chi connectivity index (χ1n) is 7.09. The van der Waals surface area contributed by atoms with E-state index in [1.807, 2.05) is 5.32 Å². The van der Waals surface area contributed by atoms with Crippen LogP contribution in [0.15, 0.2) is 35.4 Å². The van der Waals surface area contributed by atoms with E-state index < -0.39 is 34.7 Å². The third-order valence-corrected chi connectivity index (χ3v) is 4.21. The molecule has 1 aliphatic rings. The molecule has 0 radical (unpaired) electrons. The van der Waals surface area contributed by atoms with Crippen LogP contribution in [-0.2, 0) is 0 Å². The summed E-state index contributed by atoms with van der Waals surface area (Å²) in [6.07, 6.45) is -1.39. The molecule has 5 nitrogen and oxygen atoms in total. The van der Waals surface area contributed by atoms with E-state index in [-0.39, 0.29) is 0 Å². The Kier molecular flexibility index (Phi) is 3.42. The minimum Gasteiger partial charge on any atom is -0.338 e. The van der Waals surface area contributed by atoms with Crippen molar-refractivity contribution in [2.24, 2.45) is 5.92 Å². The number of aromatic nitrogens is 2. The van der Waals surface area contributed by atoms with Crippen LogP contribution in [0.4, 0.5) is 13.2 Å². The first-order chi connectivity index (χ1) is 10.7. The Morgan fingerprint density at radius 3 is 2.65 bits per heavy atom. The van der Waals surface area contributed by atoms with Crippen LogP contribution in [0, 0.1) is 5.92 Å². The van der Waals surface area contributed by atoms with Crippen molar-refractivity contribution >= 4 is 11.6 Å². The van der Waals surface area contributed by atoms with Crippen LogP contribution >= 0.6 is 0 Å². The number of carbonyl (C=O) groups excluding carboxylic acids is 1. The molecule has 1 amide bonds. The van der Waals surface area contributed by atoms with Crippen molar-refractivity contribution in [2.45, 2.75) is 31.5 Å². The van der Waals surface area contributed by atoms with Crippen molar-refractivity contribution in [2.75, 3.05) is 0 Å². The number of nitrogens with one attached hydrogen (secondary N) is 1. The predicted molar refractivity (Wildman–Crippen MR) is 76.1 cm³/mol. The first-order valence-corrected chi connectivity index (χ1v) is 7.09. The van der Waals surface area contributed by atoms with Crippen LogP contribution < -0.4 is 10.9 Å². The lowest BCUT2D eigenvalue weighted by Gasteiger charge is -2.33. The molecule has 1 atom stereocenters. The number of hydrogen-bond acceptors (Lipinski definition) is 3. The Morgan fingerprint density at radius 2 is 2.04 bits per heavy atom. The lowest BCUT2D eigenvalue weighted by molar-refractivity contribution is -0.194. The molecule has 2 aromatic rings. The Morgan fingerprint density at radius 1 is 1.35 bits per heavy atom. The number of carbonyl (C=O) groups is 1. The topological polar surface area (TPSA) is 63.5 Å². The molecule has 2 heterocycles. The number of nitrogens with zero attached hydrogens (tertiary/aromatic N) is 2. The van der Waals surface area contributed by atoms with Gasteiger partial charge >= 0.3 is 6.18 Å². The Bertz CT molecular complexity index is 827. The minimum atomic E-state index is -4.59. The van der Waals surface area contributed by atoms with Gasteiger partial charge in [-0.25, -0.2) is 4.98 Å². The van der Waals surface area contributed by atoms with Gasteiger partial charge in [0.15, 0.2) is 0 Å². The highest BCUT2D eigenvalue weighted by atomic mass is 19.4. The highest BCUT2D eigenvalue weighted by Crippen LogP contribution is 2.48. The lowest BCUT2D eigenvalue weighted by Crippen LogP contribution is -2.58. The molecule has 0 bridgehead atoms. The van der Waals surface area contributed by atoms with Gasteiger partial charge in [-0.3, -0.25) is 14.0 Å². The number of rotatable bonds is 3. The second kappa shape index (κ2) is 5.07. The zero-order valence-electron chi connectivity index (χ0n) is 12.2. The van der Waals surface area contributed by atoms with Crippen LogP contribution in [0.5, 0.6) is 0 Å². The fourth-order valence-electron chi connectivity index (χ4n) is 2.55. The molecular formula is C15H14F3N3O2. The highest BCUT2D eigenvalue weighted by Gasteiger charge is 2.60. The number of halogens is 3. The van der Waals surface area contributed by atoms with E-state index in [1.165, 1.54) is 6.20 Å². The van der Waals surface area contributed by atoms with Gasteiger partial charge in [0, 0.05) is 12.4 Å². The van der Waals surface area contributed by atoms with Crippen molar-refractivity contribution in [3.8, 4) is 0 Å². The van der Waals surface area contributed by atoms with Gasteiger partial charge in [-0.05, 0) is 37.8 Å². The molecule has 1 fully saturated rings. The molecule has 8 heteroatoms. The van der Waals surface area contributed by atoms with Gasteiger partial charge in [0.2, 0.25) is 0 Å². The van der Waals surface area contributed by atoms with Crippen LogP contribution in [0.3, 0.4) is 0 Å². The maximum absolute atomic E-state index is 13.3. The Hall–Kier alpha value is -2.38. The summed E-state index contributed by atoms with van der Waals surface area (Å²) in [4.78, 5) is 28.4. The van der Waals surface area contributed by atoms with E-state index in [4.69, 9.17) is 0 Å². The monoisotopic (exact) mass is 325 g/mol. The van der Waals surface area contributed by atoms with E-state index in [1.54, 1.807) is 18.2 Å². The third kappa shape index (κ3) is 2.58. The van der Waals surface area contributed by atoms with Gasteiger partial charge in [0.1, 0.15) is 16.7 Å². The van der Waals surface area contributed by atoms with Gasteiger partial charge in [-0.1, -0.05) is 6.07 Å². The SMILES string of the molecule is CC(NC(=O)c1cnc2ccccn2c1=O)(C1CC1)C(F)(F)F. The van der Waals surface area contributed by atoms with E-state index in [2.05, 4.69) is 4.98 Å². The number of amides is 1. The molecule has 1 N–H and O–H groups in total. The summed E-state index contributed by atoms with van der Waals surface area (Å²) in [5.74, 6) is -1.73. The third-order valence-electron chi connectivity index (χ3n) is 4.21. The number of pyridine rings is 1. The zero-order chi connectivity index (χ0) is 16.8. The Labute approximate surface area is 129 Å². The fraction of sp³-hybridized carbons (Fsp3) is 0.400. The van der Waals surface area contributed by atoms with Crippen molar-refractivity contribution in [3.05, 3.63) is 46.5 Å². The van der Waals surface area contributed by atoms with E-state index in [0.717, 1.165) is 17.5 Å². The normalized spacial score (nSPS) is 17.7. The second-order valence-corrected chi connectivity index (χ2v) is 5.83. The van der Waals surface area contributed by atoms with Gasteiger partial charge in [-0.15, -0.1) is 0 Å². The smallest absolute Gasteiger partial charge is 0.338 e. The summed E-state index contributed by atoms with van der Waals surface area (Å²) in [7, 11) is 0. The predicted octanol–water partition coefficient (Wildman–Crippen LogP) is 2.16. The fourth-order valence-corrected chi connectivity index (χ4v) is 2.55. The van der Waals surface area contributed by atoms with Gasteiger partial charge in [0.05, 0.1) is 0 Å². The summed E-state index contributed by atoms with van der Waals surface area (Å²) in [6, 6.07) is 4.80. The molecule has 1 saturated carbocycles. The van der Waals surface area contributed by atoms with E-state index in [9.17, 15) is 22.8 Å². The number of hydrogen-bond donors (Lipinski definition) is 1. The number of fused-ring (bicyclic) bond motifs is 1. The summed E-state index contributed by atoms with van der Waals surface area (Å²) < 4.78 is 41.1. The maximum atomic E-state index is 13.3. The summed E-state index contributed by atoms with van der Waals surface area (Å²) >= 11 is 0. The Balaban J connectivity index is 1.98. The van der Waals surface area contributed by atoms with Crippen molar-refractivity contribution < 1.29 is 18.0 Å². The van der Waals surface area contributed by atoms with Crippen molar-refractivity contribution in [3.63, 3.8) is 0 Å². The van der Waals surface area contributed by atoms with Crippen LogP contribution in [0.2, 0.25) is 0 Å². The molecule has 2 aromatic heterocycles. The number of alkyl halides is 3.